The summed E-state index contributed by atoms with van der Waals surface area (Å²) in [6.45, 7) is 0. The lowest BCUT2D eigenvalue weighted by Gasteiger charge is -2.05. The van der Waals surface area contributed by atoms with Crippen molar-refractivity contribution in [2.75, 3.05) is 11.2 Å². The first-order valence-electron chi connectivity index (χ1n) is 4.35. The topological polar surface area (TPSA) is 46.2 Å². The van der Waals surface area contributed by atoms with Crippen LogP contribution in [0.2, 0.25) is 10.0 Å². The first-order valence-corrected chi connectivity index (χ1v) is 5.64. The number of amides is 1. The van der Waals surface area contributed by atoms with Gasteiger partial charge in [0.05, 0.1) is 12.3 Å². The smallest absolute Gasteiger partial charge is 0.231 e. The maximum Gasteiger partial charge on any atom is 0.231 e. The summed E-state index contributed by atoms with van der Waals surface area (Å²) in [6, 6.07) is 4.62. The van der Waals surface area contributed by atoms with E-state index in [1.165, 1.54) is 12.1 Å². The molecule has 0 aliphatic heterocycles. The molecule has 0 aliphatic carbocycles. The lowest BCUT2D eigenvalue weighted by molar-refractivity contribution is -0.124. The van der Waals surface area contributed by atoms with E-state index in [9.17, 15) is 9.59 Å². The Kier molecular flexibility index (Phi) is 5.06. The number of anilines is 1. The van der Waals surface area contributed by atoms with E-state index in [0.717, 1.165) is 0 Å². The Balaban J connectivity index is 2.66. The Hall–Kier alpha value is -0.770. The predicted molar refractivity (Wildman–Crippen MR) is 65.4 cm³/mol. The van der Waals surface area contributed by atoms with Gasteiger partial charge in [0.15, 0.2) is 5.78 Å². The molecular formula is C10H8Cl3NO2. The van der Waals surface area contributed by atoms with E-state index >= 15 is 0 Å². The summed E-state index contributed by atoms with van der Waals surface area (Å²) < 4.78 is 0. The molecule has 0 saturated heterocycles. The van der Waals surface area contributed by atoms with Gasteiger partial charge in [0.2, 0.25) is 5.91 Å². The van der Waals surface area contributed by atoms with Gasteiger partial charge in [0, 0.05) is 15.7 Å². The number of halogens is 3. The van der Waals surface area contributed by atoms with Crippen LogP contribution in [0, 0.1) is 0 Å². The molecule has 0 spiro atoms. The molecule has 0 heterocycles. The molecule has 0 atom stereocenters. The number of ketones is 1. The van der Waals surface area contributed by atoms with Crippen LogP contribution in [-0.2, 0) is 9.59 Å². The van der Waals surface area contributed by atoms with Gasteiger partial charge in [-0.15, -0.1) is 11.6 Å². The zero-order chi connectivity index (χ0) is 12.1. The minimum absolute atomic E-state index is 0.177. The first-order chi connectivity index (χ1) is 7.51. The maximum absolute atomic E-state index is 11.3. The molecule has 3 nitrogen and oxygen atoms in total. The summed E-state index contributed by atoms with van der Waals surface area (Å²) in [7, 11) is 0. The lowest BCUT2D eigenvalue weighted by atomic mass is 10.2. The molecule has 16 heavy (non-hydrogen) atoms. The average molecular weight is 281 g/mol. The number of benzene rings is 1. The van der Waals surface area contributed by atoms with Gasteiger partial charge in [0.1, 0.15) is 0 Å². The van der Waals surface area contributed by atoms with Gasteiger partial charge >= 0.3 is 0 Å². The van der Waals surface area contributed by atoms with Crippen LogP contribution >= 0.6 is 34.8 Å². The van der Waals surface area contributed by atoms with E-state index in [0.29, 0.717) is 15.7 Å². The highest BCUT2D eigenvalue weighted by molar-refractivity contribution is 6.35. The second-order valence-corrected chi connectivity index (χ2v) is 4.20. The van der Waals surface area contributed by atoms with E-state index in [1.54, 1.807) is 6.07 Å². The summed E-state index contributed by atoms with van der Waals surface area (Å²) in [5.74, 6) is -0.958. The number of nitrogens with one attached hydrogen (secondary N) is 1. The van der Waals surface area contributed by atoms with Crippen molar-refractivity contribution in [1.29, 1.82) is 0 Å². The molecular weight excluding hydrogens is 272 g/mol. The third kappa shape index (κ3) is 4.39. The van der Waals surface area contributed by atoms with E-state index in [-0.39, 0.29) is 18.1 Å². The zero-order valence-corrected chi connectivity index (χ0v) is 10.4. The normalized spacial score (nSPS) is 9.94. The summed E-state index contributed by atoms with van der Waals surface area (Å²) in [5, 5.41) is 3.32. The first kappa shape index (κ1) is 13.3. The van der Waals surface area contributed by atoms with Gasteiger partial charge in [-0.25, -0.2) is 0 Å². The fourth-order valence-electron chi connectivity index (χ4n) is 1.06. The average Bonchev–Trinajstić information content (AvgIpc) is 2.15. The van der Waals surface area contributed by atoms with Crippen LogP contribution in [0.15, 0.2) is 18.2 Å². The van der Waals surface area contributed by atoms with Crippen LogP contribution in [0.1, 0.15) is 6.42 Å². The number of hydrogen-bond acceptors (Lipinski definition) is 2. The van der Waals surface area contributed by atoms with Gasteiger partial charge in [-0.2, -0.15) is 0 Å². The van der Waals surface area contributed by atoms with Crippen LogP contribution in [0.5, 0.6) is 0 Å². The minimum Gasteiger partial charge on any atom is -0.326 e. The van der Waals surface area contributed by atoms with Gasteiger partial charge in [0.25, 0.3) is 0 Å². The van der Waals surface area contributed by atoms with E-state index in [1.807, 2.05) is 0 Å². The molecule has 0 aliphatic rings. The molecule has 1 N–H and O–H groups in total. The maximum atomic E-state index is 11.3. The third-order valence-electron chi connectivity index (χ3n) is 1.65. The number of carbonyl (C=O) groups is 2. The number of Topliss-reactive ketones (excluding diaryl/α,β-unsaturated/α-hetero) is 1. The molecule has 1 aromatic rings. The summed E-state index contributed by atoms with van der Waals surface area (Å²) >= 11 is 16.8. The van der Waals surface area contributed by atoms with Crippen molar-refractivity contribution in [1.82, 2.24) is 0 Å². The van der Waals surface area contributed by atoms with Crippen molar-refractivity contribution in [2.24, 2.45) is 0 Å². The summed E-state index contributed by atoms with van der Waals surface area (Å²) in [5.41, 5.74) is 0.449. The molecule has 1 aromatic carbocycles. The van der Waals surface area contributed by atoms with Crippen molar-refractivity contribution in [3.05, 3.63) is 28.2 Å². The molecule has 1 amide bonds. The Bertz CT molecular complexity index is 400. The van der Waals surface area contributed by atoms with Gasteiger partial charge < -0.3 is 5.32 Å². The van der Waals surface area contributed by atoms with Crippen LogP contribution < -0.4 is 5.32 Å². The largest absolute Gasteiger partial charge is 0.326 e. The quantitative estimate of drug-likeness (QED) is 0.680. The molecule has 1 rings (SSSR count). The van der Waals surface area contributed by atoms with Crippen LogP contribution in [0.4, 0.5) is 5.69 Å². The second kappa shape index (κ2) is 6.09. The van der Waals surface area contributed by atoms with Crippen LogP contribution in [-0.4, -0.2) is 17.6 Å². The molecule has 0 saturated carbocycles. The summed E-state index contributed by atoms with van der Waals surface area (Å²) in [6.07, 6.45) is -0.256. The van der Waals surface area contributed by atoms with Crippen LogP contribution in [0.25, 0.3) is 0 Å². The molecule has 0 fully saturated rings. The van der Waals surface area contributed by atoms with E-state index in [2.05, 4.69) is 5.32 Å². The Morgan fingerprint density at radius 3 is 2.19 bits per heavy atom. The highest BCUT2D eigenvalue weighted by atomic mass is 35.5. The zero-order valence-electron chi connectivity index (χ0n) is 8.10. The standard InChI is InChI=1S/C10H8Cl3NO2/c11-5-9(15)4-10(16)14-8-2-6(12)1-7(13)3-8/h1-3H,4-5H2,(H,14,16). The number of hydrogen-bond donors (Lipinski definition) is 1. The van der Waals surface area contributed by atoms with E-state index < -0.39 is 5.91 Å². The SMILES string of the molecule is O=C(CCl)CC(=O)Nc1cc(Cl)cc(Cl)c1. The van der Waals surface area contributed by atoms with Crippen molar-refractivity contribution in [3.63, 3.8) is 0 Å². The van der Waals surface area contributed by atoms with Gasteiger partial charge in [-0.3, -0.25) is 9.59 Å². The van der Waals surface area contributed by atoms with Crippen molar-refractivity contribution >= 4 is 52.2 Å². The lowest BCUT2D eigenvalue weighted by Crippen LogP contribution is -2.17. The molecule has 0 unspecified atom stereocenters. The molecule has 0 bridgehead atoms. The molecule has 6 heteroatoms. The van der Waals surface area contributed by atoms with Crippen molar-refractivity contribution in [2.45, 2.75) is 6.42 Å². The minimum atomic E-state index is -0.441. The fraction of sp³-hybridized carbons (Fsp3) is 0.200. The Morgan fingerprint density at radius 1 is 1.12 bits per heavy atom. The van der Waals surface area contributed by atoms with Gasteiger partial charge in [-0.05, 0) is 18.2 Å². The van der Waals surface area contributed by atoms with E-state index in [4.69, 9.17) is 34.8 Å². The summed E-state index contributed by atoms with van der Waals surface area (Å²) in [4.78, 5) is 22.2. The monoisotopic (exact) mass is 279 g/mol. The predicted octanol–water partition coefficient (Wildman–Crippen LogP) is 3.13. The number of alkyl halides is 1. The molecule has 0 radical (unpaired) electrons. The number of rotatable bonds is 4. The molecule has 86 valence electrons. The van der Waals surface area contributed by atoms with Crippen LogP contribution in [0.3, 0.4) is 0 Å². The van der Waals surface area contributed by atoms with Gasteiger partial charge in [-0.1, -0.05) is 23.2 Å². The van der Waals surface area contributed by atoms with Crippen molar-refractivity contribution < 1.29 is 9.59 Å². The van der Waals surface area contributed by atoms with Crippen molar-refractivity contribution in [3.8, 4) is 0 Å². The third-order valence-corrected chi connectivity index (χ3v) is 2.39. The molecule has 0 aromatic heterocycles. The Labute approximate surface area is 108 Å². The Morgan fingerprint density at radius 2 is 1.69 bits per heavy atom. The fourth-order valence-corrected chi connectivity index (χ4v) is 1.68. The second-order valence-electron chi connectivity index (χ2n) is 3.06. The number of carbonyl (C=O) groups excluding carboxylic acids is 2. The highest BCUT2D eigenvalue weighted by Crippen LogP contribution is 2.22. The highest BCUT2D eigenvalue weighted by Gasteiger charge is 2.09.